The Morgan fingerprint density at radius 3 is 2.85 bits per heavy atom. The molecule has 0 aliphatic carbocycles. The van der Waals surface area contributed by atoms with Gasteiger partial charge in [-0.15, -0.1) is 0 Å². The average Bonchev–Trinajstić information content (AvgIpc) is 2.20. The lowest BCUT2D eigenvalue weighted by Gasteiger charge is -2.35. The third-order valence-corrected chi connectivity index (χ3v) is 2.35. The molecule has 1 saturated heterocycles. The molecule has 1 aliphatic heterocycles. The monoisotopic (exact) mass is 189 g/mol. The quantitative estimate of drug-likeness (QED) is 0.626. The second-order valence-electron chi connectivity index (χ2n) is 3.38. The van der Waals surface area contributed by atoms with Crippen molar-refractivity contribution in [1.82, 2.24) is 0 Å². The van der Waals surface area contributed by atoms with E-state index in [1.165, 1.54) is 0 Å². The van der Waals surface area contributed by atoms with Crippen molar-refractivity contribution in [2.45, 2.75) is 18.4 Å². The van der Waals surface area contributed by atoms with E-state index in [9.17, 15) is 0 Å². The van der Waals surface area contributed by atoms with Gasteiger partial charge >= 0.3 is 0 Å². The number of hydrogen-bond donors (Lipinski definition) is 1. The Kier molecular flexibility index (Phi) is 4.66. The Bertz CT molecular complexity index is 135. The van der Waals surface area contributed by atoms with Crippen LogP contribution in [0.15, 0.2) is 0 Å². The molecule has 0 bridgehead atoms. The molecule has 4 nitrogen and oxygen atoms in total. The van der Waals surface area contributed by atoms with Gasteiger partial charge in [-0.05, 0) is 12.8 Å². The standard InChI is InChI=1S/C9H19NO3/c1-11-5-6-13-9(7-10)3-2-4-12-8-9/h2-8,10H2,1H3. The predicted molar refractivity (Wildman–Crippen MR) is 49.7 cm³/mol. The molecule has 0 aromatic rings. The van der Waals surface area contributed by atoms with E-state index in [0.717, 1.165) is 19.4 Å². The van der Waals surface area contributed by atoms with Gasteiger partial charge in [0.15, 0.2) is 0 Å². The molecule has 4 heteroatoms. The third kappa shape index (κ3) is 3.23. The second kappa shape index (κ2) is 5.54. The summed E-state index contributed by atoms with van der Waals surface area (Å²) >= 11 is 0. The van der Waals surface area contributed by atoms with Crippen molar-refractivity contribution in [3.63, 3.8) is 0 Å². The first-order chi connectivity index (χ1) is 6.33. The van der Waals surface area contributed by atoms with Crippen LogP contribution in [-0.2, 0) is 14.2 Å². The smallest absolute Gasteiger partial charge is 0.104 e. The minimum atomic E-state index is -0.253. The van der Waals surface area contributed by atoms with Crippen LogP contribution in [0, 0.1) is 0 Å². The molecule has 1 atom stereocenters. The van der Waals surface area contributed by atoms with Crippen molar-refractivity contribution in [2.75, 3.05) is 40.1 Å². The van der Waals surface area contributed by atoms with Crippen LogP contribution >= 0.6 is 0 Å². The summed E-state index contributed by atoms with van der Waals surface area (Å²) < 4.78 is 16.0. The molecule has 0 saturated carbocycles. The summed E-state index contributed by atoms with van der Waals surface area (Å²) in [6, 6.07) is 0. The number of hydrogen-bond acceptors (Lipinski definition) is 4. The molecule has 0 aromatic heterocycles. The summed E-state index contributed by atoms with van der Waals surface area (Å²) in [4.78, 5) is 0. The molecule has 1 unspecified atom stereocenters. The molecular formula is C9H19NO3. The number of nitrogens with two attached hydrogens (primary N) is 1. The molecular weight excluding hydrogens is 170 g/mol. The zero-order valence-electron chi connectivity index (χ0n) is 8.25. The van der Waals surface area contributed by atoms with Crippen LogP contribution in [-0.4, -0.2) is 45.7 Å². The Balaban J connectivity index is 2.29. The first-order valence-corrected chi connectivity index (χ1v) is 4.74. The molecule has 1 aliphatic rings. The van der Waals surface area contributed by atoms with Crippen LogP contribution in [0.1, 0.15) is 12.8 Å². The maximum absolute atomic E-state index is 5.69. The average molecular weight is 189 g/mol. The van der Waals surface area contributed by atoms with E-state index in [1.54, 1.807) is 7.11 Å². The Hall–Kier alpha value is -0.160. The minimum Gasteiger partial charge on any atom is -0.382 e. The summed E-state index contributed by atoms with van der Waals surface area (Å²) in [7, 11) is 1.66. The van der Waals surface area contributed by atoms with Gasteiger partial charge in [0.1, 0.15) is 5.60 Å². The molecule has 78 valence electrons. The lowest BCUT2D eigenvalue weighted by Crippen LogP contribution is -2.48. The molecule has 0 aromatic carbocycles. The van der Waals surface area contributed by atoms with E-state index in [0.29, 0.717) is 26.4 Å². The normalized spacial score (nSPS) is 29.1. The topological polar surface area (TPSA) is 53.7 Å². The van der Waals surface area contributed by atoms with Gasteiger partial charge in [-0.1, -0.05) is 0 Å². The van der Waals surface area contributed by atoms with Crippen LogP contribution in [0.25, 0.3) is 0 Å². The van der Waals surface area contributed by atoms with E-state index in [4.69, 9.17) is 19.9 Å². The van der Waals surface area contributed by atoms with E-state index in [2.05, 4.69) is 0 Å². The predicted octanol–water partition coefficient (Wildman–Crippen LogP) is 0.157. The largest absolute Gasteiger partial charge is 0.382 e. The van der Waals surface area contributed by atoms with Crippen LogP contribution in [0.3, 0.4) is 0 Å². The lowest BCUT2D eigenvalue weighted by molar-refractivity contribution is -0.130. The summed E-state index contributed by atoms with van der Waals surface area (Å²) in [5.74, 6) is 0. The molecule has 0 spiro atoms. The molecule has 1 fully saturated rings. The maximum atomic E-state index is 5.69. The summed E-state index contributed by atoms with van der Waals surface area (Å²) in [6.07, 6.45) is 2.03. The van der Waals surface area contributed by atoms with Crippen molar-refractivity contribution >= 4 is 0 Å². The Labute approximate surface area is 79.3 Å². The zero-order chi connectivity index (χ0) is 9.57. The number of methoxy groups -OCH3 is 1. The van der Waals surface area contributed by atoms with E-state index in [1.807, 2.05) is 0 Å². The molecule has 13 heavy (non-hydrogen) atoms. The van der Waals surface area contributed by atoms with Gasteiger partial charge in [-0.3, -0.25) is 0 Å². The first-order valence-electron chi connectivity index (χ1n) is 4.74. The molecule has 2 N–H and O–H groups in total. The van der Waals surface area contributed by atoms with Gasteiger partial charge in [0, 0.05) is 20.3 Å². The number of rotatable bonds is 5. The summed E-state index contributed by atoms with van der Waals surface area (Å²) in [5.41, 5.74) is 5.42. The minimum absolute atomic E-state index is 0.253. The zero-order valence-corrected chi connectivity index (χ0v) is 8.25. The molecule has 1 rings (SSSR count). The fraction of sp³-hybridized carbons (Fsp3) is 1.00. The third-order valence-electron chi connectivity index (χ3n) is 2.35. The molecule has 0 radical (unpaired) electrons. The highest BCUT2D eigenvalue weighted by atomic mass is 16.6. The van der Waals surface area contributed by atoms with Crippen molar-refractivity contribution in [2.24, 2.45) is 5.73 Å². The molecule has 1 heterocycles. The van der Waals surface area contributed by atoms with E-state index >= 15 is 0 Å². The van der Waals surface area contributed by atoms with Gasteiger partial charge in [-0.25, -0.2) is 0 Å². The van der Waals surface area contributed by atoms with Crippen LogP contribution in [0.2, 0.25) is 0 Å². The second-order valence-corrected chi connectivity index (χ2v) is 3.38. The van der Waals surface area contributed by atoms with E-state index in [-0.39, 0.29) is 5.60 Å². The summed E-state index contributed by atoms with van der Waals surface area (Å²) in [5, 5.41) is 0. The van der Waals surface area contributed by atoms with Crippen LogP contribution in [0.5, 0.6) is 0 Å². The Morgan fingerprint density at radius 2 is 2.31 bits per heavy atom. The Morgan fingerprint density at radius 1 is 1.46 bits per heavy atom. The number of ether oxygens (including phenoxy) is 3. The van der Waals surface area contributed by atoms with Gasteiger partial charge < -0.3 is 19.9 Å². The maximum Gasteiger partial charge on any atom is 0.104 e. The highest BCUT2D eigenvalue weighted by Crippen LogP contribution is 2.21. The van der Waals surface area contributed by atoms with Crippen LogP contribution < -0.4 is 5.73 Å². The SMILES string of the molecule is COCCOC1(CN)CCCOC1. The van der Waals surface area contributed by atoms with Crippen molar-refractivity contribution in [3.8, 4) is 0 Å². The fourth-order valence-electron chi connectivity index (χ4n) is 1.50. The molecule has 0 amide bonds. The first kappa shape index (κ1) is 10.9. The van der Waals surface area contributed by atoms with Gasteiger partial charge in [0.25, 0.3) is 0 Å². The van der Waals surface area contributed by atoms with Crippen LogP contribution in [0.4, 0.5) is 0 Å². The van der Waals surface area contributed by atoms with Crippen molar-refractivity contribution in [1.29, 1.82) is 0 Å². The highest BCUT2D eigenvalue weighted by molar-refractivity contribution is 4.84. The fourth-order valence-corrected chi connectivity index (χ4v) is 1.50. The van der Waals surface area contributed by atoms with Gasteiger partial charge in [0.05, 0.1) is 19.8 Å². The van der Waals surface area contributed by atoms with Crippen molar-refractivity contribution in [3.05, 3.63) is 0 Å². The lowest BCUT2D eigenvalue weighted by atomic mass is 9.97. The van der Waals surface area contributed by atoms with E-state index < -0.39 is 0 Å². The van der Waals surface area contributed by atoms with Crippen molar-refractivity contribution < 1.29 is 14.2 Å². The van der Waals surface area contributed by atoms with Gasteiger partial charge in [-0.2, -0.15) is 0 Å². The summed E-state index contributed by atoms with van der Waals surface area (Å²) in [6.45, 7) is 3.18. The highest BCUT2D eigenvalue weighted by Gasteiger charge is 2.32. The van der Waals surface area contributed by atoms with Gasteiger partial charge in [0.2, 0.25) is 0 Å².